The van der Waals surface area contributed by atoms with E-state index in [2.05, 4.69) is 15.3 Å². The summed E-state index contributed by atoms with van der Waals surface area (Å²) in [6.07, 6.45) is 5.67. The molecule has 1 saturated carbocycles. The summed E-state index contributed by atoms with van der Waals surface area (Å²) in [5, 5.41) is 2.86. The fourth-order valence-electron chi connectivity index (χ4n) is 3.86. The molecule has 0 radical (unpaired) electrons. The van der Waals surface area contributed by atoms with Crippen LogP contribution in [-0.4, -0.2) is 46.9 Å². The molecule has 0 spiro atoms. The quantitative estimate of drug-likeness (QED) is 0.842. The van der Waals surface area contributed by atoms with Crippen molar-refractivity contribution < 1.29 is 14.3 Å². The molecule has 2 aliphatic rings. The van der Waals surface area contributed by atoms with Gasteiger partial charge in [0, 0.05) is 36.8 Å². The van der Waals surface area contributed by atoms with Crippen LogP contribution in [0.3, 0.4) is 0 Å². The Morgan fingerprint density at radius 1 is 1.17 bits per heavy atom. The van der Waals surface area contributed by atoms with Gasteiger partial charge in [0.1, 0.15) is 11.6 Å². The number of ether oxygens (including phenoxy) is 1. The number of anilines is 1. The van der Waals surface area contributed by atoms with Crippen molar-refractivity contribution in [3.63, 3.8) is 0 Å². The highest BCUT2D eigenvalue weighted by molar-refractivity contribution is 6.04. The highest BCUT2D eigenvalue weighted by Crippen LogP contribution is 2.32. The molecular weight excluding hydrogens is 368 g/mol. The van der Waals surface area contributed by atoms with E-state index in [4.69, 9.17) is 4.74 Å². The molecule has 1 aliphatic heterocycles. The molecule has 0 bridgehead atoms. The SMILES string of the molecule is COc1ccc(NC(=O)c2cnc(C3CCN(C(=O)C4CCC4)C3)nc2C)cc1. The number of aromatic nitrogens is 2. The summed E-state index contributed by atoms with van der Waals surface area (Å²) in [5.41, 5.74) is 1.77. The van der Waals surface area contributed by atoms with Crippen molar-refractivity contribution >= 4 is 17.5 Å². The molecule has 1 unspecified atom stereocenters. The molecule has 1 saturated heterocycles. The Morgan fingerprint density at radius 2 is 1.93 bits per heavy atom. The molecule has 29 heavy (non-hydrogen) atoms. The number of amides is 2. The first-order valence-corrected chi connectivity index (χ1v) is 10.1. The highest BCUT2D eigenvalue weighted by atomic mass is 16.5. The maximum Gasteiger partial charge on any atom is 0.259 e. The lowest BCUT2D eigenvalue weighted by Crippen LogP contribution is -2.37. The largest absolute Gasteiger partial charge is 0.497 e. The number of rotatable bonds is 5. The summed E-state index contributed by atoms with van der Waals surface area (Å²) in [4.78, 5) is 36.1. The molecular formula is C22H26N4O3. The first-order chi connectivity index (χ1) is 14.0. The van der Waals surface area contributed by atoms with Crippen LogP contribution in [0.2, 0.25) is 0 Å². The van der Waals surface area contributed by atoms with Crippen LogP contribution in [0.5, 0.6) is 5.75 Å². The molecule has 7 nitrogen and oxygen atoms in total. The summed E-state index contributed by atoms with van der Waals surface area (Å²) in [6.45, 7) is 3.26. The zero-order valence-corrected chi connectivity index (χ0v) is 16.9. The van der Waals surface area contributed by atoms with E-state index in [0.717, 1.165) is 38.0 Å². The number of hydrogen-bond acceptors (Lipinski definition) is 5. The van der Waals surface area contributed by atoms with Crippen LogP contribution in [0.1, 0.15) is 53.5 Å². The average molecular weight is 394 g/mol. The standard InChI is InChI=1S/C22H26N4O3/c1-14-19(21(27)25-17-6-8-18(29-2)9-7-17)12-23-20(24-14)16-10-11-26(13-16)22(28)15-4-3-5-15/h6-9,12,15-16H,3-5,10-11,13H2,1-2H3,(H,25,27). The molecule has 1 aromatic heterocycles. The summed E-state index contributed by atoms with van der Waals surface area (Å²) in [6, 6.07) is 7.15. The Morgan fingerprint density at radius 3 is 2.55 bits per heavy atom. The van der Waals surface area contributed by atoms with Gasteiger partial charge in [-0.15, -0.1) is 0 Å². The van der Waals surface area contributed by atoms with Crippen LogP contribution in [0, 0.1) is 12.8 Å². The van der Waals surface area contributed by atoms with E-state index in [9.17, 15) is 9.59 Å². The lowest BCUT2D eigenvalue weighted by Gasteiger charge is -2.29. The van der Waals surface area contributed by atoms with E-state index in [1.807, 2.05) is 11.8 Å². The minimum absolute atomic E-state index is 0.136. The van der Waals surface area contributed by atoms with Gasteiger partial charge in [-0.3, -0.25) is 9.59 Å². The van der Waals surface area contributed by atoms with E-state index < -0.39 is 0 Å². The Kier molecular flexibility index (Phi) is 5.47. The van der Waals surface area contributed by atoms with Gasteiger partial charge in [-0.2, -0.15) is 0 Å². The topological polar surface area (TPSA) is 84.4 Å². The number of benzene rings is 1. The maximum absolute atomic E-state index is 12.6. The molecule has 152 valence electrons. The van der Waals surface area contributed by atoms with Crippen molar-refractivity contribution in [2.45, 2.75) is 38.5 Å². The van der Waals surface area contributed by atoms with Crippen molar-refractivity contribution in [2.75, 3.05) is 25.5 Å². The molecule has 1 atom stereocenters. The van der Waals surface area contributed by atoms with Crippen LogP contribution in [-0.2, 0) is 4.79 Å². The number of hydrogen-bond donors (Lipinski definition) is 1. The Hall–Kier alpha value is -2.96. The lowest BCUT2D eigenvalue weighted by molar-refractivity contribution is -0.137. The van der Waals surface area contributed by atoms with Crippen LogP contribution >= 0.6 is 0 Å². The summed E-state index contributed by atoms with van der Waals surface area (Å²) in [7, 11) is 1.60. The van der Waals surface area contributed by atoms with Gasteiger partial charge in [-0.05, 0) is 50.5 Å². The highest BCUT2D eigenvalue weighted by Gasteiger charge is 2.35. The Balaban J connectivity index is 1.40. The second-order valence-electron chi connectivity index (χ2n) is 7.81. The van der Waals surface area contributed by atoms with Crippen molar-refractivity contribution in [3.05, 3.63) is 47.5 Å². The molecule has 1 aliphatic carbocycles. The molecule has 2 amide bonds. The monoisotopic (exact) mass is 394 g/mol. The third-order valence-corrected chi connectivity index (χ3v) is 5.91. The van der Waals surface area contributed by atoms with E-state index in [0.29, 0.717) is 29.3 Å². The molecule has 1 N–H and O–H groups in total. The van der Waals surface area contributed by atoms with Gasteiger partial charge in [0.05, 0.1) is 18.4 Å². The van der Waals surface area contributed by atoms with E-state index in [1.165, 1.54) is 0 Å². The molecule has 4 rings (SSSR count). The second-order valence-corrected chi connectivity index (χ2v) is 7.81. The Bertz CT molecular complexity index is 909. The maximum atomic E-state index is 12.6. The summed E-state index contributed by atoms with van der Waals surface area (Å²) in [5.74, 6) is 1.84. The second kappa shape index (κ2) is 8.19. The number of aryl methyl sites for hydroxylation is 1. The normalized spacial score (nSPS) is 19.0. The minimum atomic E-state index is -0.243. The van der Waals surface area contributed by atoms with Crippen LogP contribution in [0.15, 0.2) is 30.5 Å². The number of methoxy groups -OCH3 is 1. The van der Waals surface area contributed by atoms with Crippen molar-refractivity contribution in [3.8, 4) is 5.75 Å². The first kappa shape index (κ1) is 19.4. The average Bonchev–Trinajstić information content (AvgIpc) is 3.17. The van der Waals surface area contributed by atoms with Crippen molar-refractivity contribution in [1.29, 1.82) is 0 Å². The summed E-state index contributed by atoms with van der Waals surface area (Å²) < 4.78 is 5.13. The number of carbonyl (C=O) groups excluding carboxylic acids is 2. The van der Waals surface area contributed by atoms with Gasteiger partial charge in [-0.25, -0.2) is 9.97 Å². The molecule has 1 aromatic carbocycles. The van der Waals surface area contributed by atoms with Gasteiger partial charge in [0.25, 0.3) is 5.91 Å². The lowest BCUT2D eigenvalue weighted by atomic mass is 9.84. The number of nitrogens with one attached hydrogen (secondary N) is 1. The third-order valence-electron chi connectivity index (χ3n) is 5.91. The number of carbonyl (C=O) groups is 2. The Labute approximate surface area is 170 Å². The molecule has 2 fully saturated rings. The summed E-state index contributed by atoms with van der Waals surface area (Å²) >= 11 is 0. The predicted molar refractivity (Wildman–Crippen MR) is 109 cm³/mol. The van der Waals surface area contributed by atoms with Gasteiger partial charge in [0.2, 0.25) is 5.91 Å². The van der Waals surface area contributed by atoms with E-state index >= 15 is 0 Å². The van der Waals surface area contributed by atoms with Crippen LogP contribution < -0.4 is 10.1 Å². The number of nitrogens with zero attached hydrogens (tertiary/aromatic N) is 3. The number of likely N-dealkylation sites (tertiary alicyclic amines) is 1. The van der Waals surface area contributed by atoms with Crippen molar-refractivity contribution in [2.24, 2.45) is 5.92 Å². The smallest absolute Gasteiger partial charge is 0.259 e. The zero-order valence-electron chi connectivity index (χ0n) is 16.9. The molecule has 2 heterocycles. The van der Waals surface area contributed by atoms with E-state index in [1.54, 1.807) is 37.6 Å². The fraction of sp³-hybridized carbons (Fsp3) is 0.455. The minimum Gasteiger partial charge on any atom is -0.497 e. The van der Waals surface area contributed by atoms with Gasteiger partial charge >= 0.3 is 0 Å². The van der Waals surface area contributed by atoms with Gasteiger partial charge in [0.15, 0.2) is 0 Å². The van der Waals surface area contributed by atoms with Gasteiger partial charge in [-0.1, -0.05) is 6.42 Å². The van der Waals surface area contributed by atoms with Crippen LogP contribution in [0.4, 0.5) is 5.69 Å². The zero-order chi connectivity index (χ0) is 20.4. The van der Waals surface area contributed by atoms with E-state index in [-0.39, 0.29) is 23.7 Å². The van der Waals surface area contributed by atoms with Crippen LogP contribution in [0.25, 0.3) is 0 Å². The predicted octanol–water partition coefficient (Wildman–Crippen LogP) is 3.16. The first-order valence-electron chi connectivity index (χ1n) is 10.1. The molecule has 2 aromatic rings. The van der Waals surface area contributed by atoms with Crippen molar-refractivity contribution in [1.82, 2.24) is 14.9 Å². The fourth-order valence-corrected chi connectivity index (χ4v) is 3.86. The van der Waals surface area contributed by atoms with Gasteiger partial charge < -0.3 is 15.0 Å². The molecule has 7 heteroatoms. The third kappa shape index (κ3) is 4.09.